The van der Waals surface area contributed by atoms with Gasteiger partial charge in [-0.15, -0.1) is 13.2 Å². The molecule has 0 amide bonds. The first-order valence-corrected chi connectivity index (χ1v) is 6.80. The summed E-state index contributed by atoms with van der Waals surface area (Å²) in [4.78, 5) is 0. The number of hydrogen-bond acceptors (Lipinski definition) is 1. The zero-order chi connectivity index (χ0) is 16.5. The Morgan fingerprint density at radius 3 is 1.86 bits per heavy atom. The summed E-state index contributed by atoms with van der Waals surface area (Å²) in [5.74, 6) is -0.219. The zero-order valence-corrected chi connectivity index (χ0v) is 12.7. The Morgan fingerprint density at radius 2 is 1.45 bits per heavy atom. The molecule has 0 aliphatic heterocycles. The monoisotopic (exact) mass is 306 g/mol. The normalized spacial score (nSPS) is 11.4. The van der Waals surface area contributed by atoms with Crippen LogP contribution in [0.1, 0.15) is 23.6 Å². The van der Waals surface area contributed by atoms with Crippen molar-refractivity contribution in [2.75, 3.05) is 0 Å². The van der Waals surface area contributed by atoms with Crippen LogP contribution in [-0.2, 0) is 0 Å². The molecule has 0 atom stereocenters. The number of rotatable bonds is 3. The van der Waals surface area contributed by atoms with Crippen molar-refractivity contribution in [3.63, 3.8) is 0 Å². The van der Waals surface area contributed by atoms with Crippen LogP contribution in [0.3, 0.4) is 0 Å². The van der Waals surface area contributed by atoms with Crippen molar-refractivity contribution in [3.05, 3.63) is 59.7 Å². The molecule has 0 aromatic heterocycles. The topological polar surface area (TPSA) is 9.23 Å². The summed E-state index contributed by atoms with van der Waals surface area (Å²) in [6.45, 7) is 9.93. The van der Waals surface area contributed by atoms with E-state index in [1.54, 1.807) is 12.1 Å². The van der Waals surface area contributed by atoms with E-state index in [0.717, 1.165) is 33.4 Å². The van der Waals surface area contributed by atoms with Crippen LogP contribution >= 0.6 is 0 Å². The van der Waals surface area contributed by atoms with Gasteiger partial charge >= 0.3 is 6.36 Å². The minimum Gasteiger partial charge on any atom is -0.406 e. The molecule has 0 heterocycles. The van der Waals surface area contributed by atoms with Crippen LogP contribution in [0.25, 0.3) is 16.7 Å². The first-order chi connectivity index (χ1) is 10.2. The molecule has 116 valence electrons. The van der Waals surface area contributed by atoms with E-state index in [9.17, 15) is 13.2 Å². The highest BCUT2D eigenvalue weighted by Crippen LogP contribution is 2.30. The summed E-state index contributed by atoms with van der Waals surface area (Å²) in [6.07, 6.45) is -4.67. The molecule has 2 aromatic rings. The Balaban J connectivity index is 2.35. The SMILES string of the molecule is C=C(C)c1c(C)cc(-c2ccc(OC(F)(F)F)cc2)cc1C. The van der Waals surface area contributed by atoms with Gasteiger partial charge in [-0.3, -0.25) is 0 Å². The fourth-order valence-corrected chi connectivity index (χ4v) is 2.65. The highest BCUT2D eigenvalue weighted by molar-refractivity contribution is 5.74. The third kappa shape index (κ3) is 3.70. The molecule has 2 aromatic carbocycles. The number of alkyl halides is 3. The molecular weight excluding hydrogens is 289 g/mol. The Kier molecular flexibility index (Phi) is 4.31. The average Bonchev–Trinajstić information content (AvgIpc) is 2.36. The van der Waals surface area contributed by atoms with Gasteiger partial charge in [-0.1, -0.05) is 36.4 Å². The molecule has 0 spiro atoms. The predicted molar refractivity (Wildman–Crippen MR) is 82.7 cm³/mol. The van der Waals surface area contributed by atoms with E-state index in [1.807, 2.05) is 32.9 Å². The summed E-state index contributed by atoms with van der Waals surface area (Å²) >= 11 is 0. The second-order valence-electron chi connectivity index (χ2n) is 5.34. The summed E-state index contributed by atoms with van der Waals surface area (Å²) in [7, 11) is 0. The van der Waals surface area contributed by atoms with Gasteiger partial charge in [0.15, 0.2) is 0 Å². The Labute approximate surface area is 128 Å². The molecule has 2 rings (SSSR count). The highest BCUT2D eigenvalue weighted by Gasteiger charge is 2.30. The first-order valence-electron chi connectivity index (χ1n) is 6.80. The van der Waals surface area contributed by atoms with Crippen molar-refractivity contribution in [1.29, 1.82) is 0 Å². The number of ether oxygens (including phenoxy) is 1. The van der Waals surface area contributed by atoms with Crippen LogP contribution in [0, 0.1) is 13.8 Å². The van der Waals surface area contributed by atoms with Gasteiger partial charge in [0.05, 0.1) is 0 Å². The fraction of sp³-hybridized carbons (Fsp3) is 0.222. The molecule has 0 radical (unpaired) electrons. The maximum absolute atomic E-state index is 12.2. The Hall–Kier alpha value is -2.23. The highest BCUT2D eigenvalue weighted by atomic mass is 19.4. The first kappa shape index (κ1) is 16.1. The Bertz CT molecular complexity index is 674. The van der Waals surface area contributed by atoms with Crippen LogP contribution in [0.2, 0.25) is 0 Å². The number of benzene rings is 2. The molecule has 4 heteroatoms. The van der Waals surface area contributed by atoms with Crippen LogP contribution in [0.4, 0.5) is 13.2 Å². The van der Waals surface area contributed by atoms with Crippen molar-refractivity contribution in [3.8, 4) is 16.9 Å². The van der Waals surface area contributed by atoms with E-state index in [4.69, 9.17) is 0 Å². The van der Waals surface area contributed by atoms with Gasteiger partial charge in [-0.05, 0) is 60.7 Å². The van der Waals surface area contributed by atoms with E-state index in [0.29, 0.717) is 0 Å². The zero-order valence-electron chi connectivity index (χ0n) is 12.7. The van der Waals surface area contributed by atoms with E-state index in [-0.39, 0.29) is 5.75 Å². The van der Waals surface area contributed by atoms with E-state index in [1.165, 1.54) is 12.1 Å². The minimum absolute atomic E-state index is 0.219. The van der Waals surface area contributed by atoms with Gasteiger partial charge in [0, 0.05) is 0 Å². The van der Waals surface area contributed by atoms with Gasteiger partial charge in [-0.25, -0.2) is 0 Å². The molecule has 1 nitrogen and oxygen atoms in total. The molecular formula is C18H17F3O. The number of allylic oxidation sites excluding steroid dienone is 1. The molecule has 0 saturated heterocycles. The van der Waals surface area contributed by atoms with E-state index in [2.05, 4.69) is 11.3 Å². The van der Waals surface area contributed by atoms with Crippen molar-refractivity contribution in [2.24, 2.45) is 0 Å². The average molecular weight is 306 g/mol. The predicted octanol–water partition coefficient (Wildman–Crippen LogP) is 5.90. The van der Waals surface area contributed by atoms with Crippen LogP contribution in [0.5, 0.6) is 5.75 Å². The summed E-state index contributed by atoms with van der Waals surface area (Å²) in [5, 5.41) is 0. The summed E-state index contributed by atoms with van der Waals surface area (Å²) < 4.78 is 40.4. The van der Waals surface area contributed by atoms with Crippen molar-refractivity contribution < 1.29 is 17.9 Å². The van der Waals surface area contributed by atoms with Gasteiger partial charge < -0.3 is 4.74 Å². The minimum atomic E-state index is -4.67. The van der Waals surface area contributed by atoms with Gasteiger partial charge in [0.2, 0.25) is 0 Å². The third-order valence-corrected chi connectivity index (χ3v) is 3.38. The fourth-order valence-electron chi connectivity index (χ4n) is 2.65. The largest absolute Gasteiger partial charge is 0.573 e. The summed E-state index contributed by atoms with van der Waals surface area (Å²) in [5.41, 5.74) is 6.11. The molecule has 0 N–H and O–H groups in total. The second kappa shape index (κ2) is 5.87. The molecule has 0 fully saturated rings. The van der Waals surface area contributed by atoms with E-state index >= 15 is 0 Å². The lowest BCUT2D eigenvalue weighted by molar-refractivity contribution is -0.274. The van der Waals surface area contributed by atoms with Crippen LogP contribution in [0.15, 0.2) is 43.0 Å². The number of aryl methyl sites for hydroxylation is 2. The van der Waals surface area contributed by atoms with Gasteiger partial charge in [-0.2, -0.15) is 0 Å². The third-order valence-electron chi connectivity index (χ3n) is 3.38. The smallest absolute Gasteiger partial charge is 0.406 e. The standard InChI is InChI=1S/C18H17F3O/c1-11(2)17-12(3)9-15(10-13(17)4)14-5-7-16(8-6-14)22-18(19,20)21/h5-10H,1H2,2-4H3. The summed E-state index contributed by atoms with van der Waals surface area (Å²) in [6, 6.07) is 9.90. The maximum Gasteiger partial charge on any atom is 0.573 e. The van der Waals surface area contributed by atoms with Crippen molar-refractivity contribution in [1.82, 2.24) is 0 Å². The van der Waals surface area contributed by atoms with Gasteiger partial charge in [0.25, 0.3) is 0 Å². The lowest BCUT2D eigenvalue weighted by Crippen LogP contribution is -2.16. The second-order valence-corrected chi connectivity index (χ2v) is 5.34. The van der Waals surface area contributed by atoms with Crippen LogP contribution < -0.4 is 4.74 Å². The molecule has 0 bridgehead atoms. The number of hydrogen-bond donors (Lipinski definition) is 0. The molecule has 0 saturated carbocycles. The molecule has 0 unspecified atom stereocenters. The Morgan fingerprint density at radius 1 is 0.955 bits per heavy atom. The van der Waals surface area contributed by atoms with Crippen molar-refractivity contribution in [2.45, 2.75) is 27.1 Å². The van der Waals surface area contributed by atoms with Crippen LogP contribution in [-0.4, -0.2) is 6.36 Å². The van der Waals surface area contributed by atoms with Crippen molar-refractivity contribution >= 4 is 5.57 Å². The molecule has 22 heavy (non-hydrogen) atoms. The maximum atomic E-state index is 12.2. The quantitative estimate of drug-likeness (QED) is 0.685. The van der Waals surface area contributed by atoms with E-state index < -0.39 is 6.36 Å². The molecule has 0 aliphatic rings. The lowest BCUT2D eigenvalue weighted by Gasteiger charge is -2.13. The number of halogens is 3. The van der Waals surface area contributed by atoms with Gasteiger partial charge in [0.1, 0.15) is 5.75 Å². The lowest BCUT2D eigenvalue weighted by atomic mass is 9.92. The molecule has 0 aliphatic carbocycles.